The second-order valence-electron chi connectivity index (χ2n) is 6.31. The number of ether oxygens (including phenoxy) is 1. The van der Waals surface area contributed by atoms with Crippen LogP contribution in [0.15, 0.2) is 22.9 Å². The van der Waals surface area contributed by atoms with Crippen molar-refractivity contribution in [2.45, 2.75) is 39.3 Å². The number of aromatic nitrogens is 1. The van der Waals surface area contributed by atoms with Gasteiger partial charge in [0.05, 0.1) is 11.9 Å². The Kier molecular flexibility index (Phi) is 4.76. The molecule has 1 aliphatic heterocycles. The van der Waals surface area contributed by atoms with E-state index < -0.39 is 5.60 Å². The van der Waals surface area contributed by atoms with E-state index in [4.69, 9.17) is 4.74 Å². The molecule has 0 bridgehead atoms. The van der Waals surface area contributed by atoms with Gasteiger partial charge in [0.2, 0.25) is 0 Å². The standard InChI is InChI=1S/C15H22BrN3O2/c1-11-10-18(14(20)21-15(2,3)4)7-8-19(11)12-5-6-13(16)17-9-12/h5-6,9,11H,7-8,10H2,1-4H3. The molecule has 1 fully saturated rings. The molecule has 1 unspecified atom stereocenters. The van der Waals surface area contributed by atoms with Crippen LogP contribution >= 0.6 is 15.9 Å². The molecule has 116 valence electrons. The van der Waals surface area contributed by atoms with Crippen LogP contribution in [0.1, 0.15) is 27.7 Å². The third-order valence-electron chi connectivity index (χ3n) is 3.32. The van der Waals surface area contributed by atoms with Gasteiger partial charge in [-0.05, 0) is 55.8 Å². The lowest BCUT2D eigenvalue weighted by molar-refractivity contribution is 0.0219. The van der Waals surface area contributed by atoms with Crippen LogP contribution in [-0.2, 0) is 4.74 Å². The van der Waals surface area contributed by atoms with Gasteiger partial charge < -0.3 is 14.5 Å². The molecule has 2 heterocycles. The Morgan fingerprint density at radius 2 is 2.10 bits per heavy atom. The van der Waals surface area contributed by atoms with Crippen LogP contribution in [-0.4, -0.2) is 47.3 Å². The van der Waals surface area contributed by atoms with Crippen molar-refractivity contribution in [1.82, 2.24) is 9.88 Å². The molecule has 1 amide bonds. The lowest BCUT2D eigenvalue weighted by Crippen LogP contribution is -2.54. The van der Waals surface area contributed by atoms with E-state index in [0.29, 0.717) is 13.1 Å². The Balaban J connectivity index is 1.99. The zero-order valence-corrected chi connectivity index (χ0v) is 14.6. The molecular weight excluding hydrogens is 334 g/mol. The predicted molar refractivity (Wildman–Crippen MR) is 86.6 cm³/mol. The summed E-state index contributed by atoms with van der Waals surface area (Å²) in [4.78, 5) is 20.4. The lowest BCUT2D eigenvalue weighted by atomic mass is 10.1. The molecule has 0 aliphatic carbocycles. The van der Waals surface area contributed by atoms with E-state index in [2.05, 4.69) is 32.7 Å². The molecule has 6 heteroatoms. The highest BCUT2D eigenvalue weighted by Gasteiger charge is 2.29. The third kappa shape index (κ3) is 4.33. The van der Waals surface area contributed by atoms with Gasteiger partial charge in [0, 0.05) is 25.7 Å². The second kappa shape index (κ2) is 6.22. The smallest absolute Gasteiger partial charge is 0.410 e. The number of hydrogen-bond acceptors (Lipinski definition) is 4. The number of halogens is 1. The Morgan fingerprint density at radius 1 is 1.38 bits per heavy atom. The van der Waals surface area contributed by atoms with Crippen LogP contribution in [0, 0.1) is 0 Å². The summed E-state index contributed by atoms with van der Waals surface area (Å²) < 4.78 is 6.26. The van der Waals surface area contributed by atoms with Gasteiger partial charge in [0.15, 0.2) is 0 Å². The van der Waals surface area contributed by atoms with E-state index in [1.54, 1.807) is 4.90 Å². The highest BCUT2D eigenvalue weighted by molar-refractivity contribution is 9.10. The maximum Gasteiger partial charge on any atom is 0.410 e. The molecular formula is C15H22BrN3O2. The number of carbonyl (C=O) groups is 1. The average molecular weight is 356 g/mol. The zero-order chi connectivity index (χ0) is 15.6. The van der Waals surface area contributed by atoms with Gasteiger partial charge in [-0.2, -0.15) is 0 Å². The number of carbonyl (C=O) groups excluding carboxylic acids is 1. The number of pyridine rings is 1. The van der Waals surface area contributed by atoms with E-state index in [0.717, 1.165) is 16.8 Å². The first-order valence-electron chi connectivity index (χ1n) is 7.12. The predicted octanol–water partition coefficient (Wildman–Crippen LogP) is 3.29. The lowest BCUT2D eigenvalue weighted by Gasteiger charge is -2.41. The molecule has 2 rings (SSSR count). The molecule has 1 saturated heterocycles. The largest absolute Gasteiger partial charge is 0.444 e. The molecule has 0 radical (unpaired) electrons. The second-order valence-corrected chi connectivity index (χ2v) is 7.12. The molecule has 1 atom stereocenters. The number of amides is 1. The molecule has 1 aromatic heterocycles. The number of piperazine rings is 1. The summed E-state index contributed by atoms with van der Waals surface area (Å²) >= 11 is 3.34. The maximum atomic E-state index is 12.1. The number of nitrogens with zero attached hydrogens (tertiary/aromatic N) is 3. The van der Waals surface area contributed by atoms with Crippen LogP contribution in [0.2, 0.25) is 0 Å². The summed E-state index contributed by atoms with van der Waals surface area (Å²) in [6, 6.07) is 4.20. The van der Waals surface area contributed by atoms with Crippen molar-refractivity contribution in [3.8, 4) is 0 Å². The minimum Gasteiger partial charge on any atom is -0.444 e. The maximum absolute atomic E-state index is 12.1. The SMILES string of the molecule is CC1CN(C(=O)OC(C)(C)C)CCN1c1ccc(Br)nc1. The normalized spacial score (nSPS) is 19.6. The Bertz CT molecular complexity index is 499. The molecule has 0 saturated carbocycles. The molecule has 0 N–H and O–H groups in total. The van der Waals surface area contributed by atoms with E-state index in [1.165, 1.54) is 0 Å². The van der Waals surface area contributed by atoms with E-state index >= 15 is 0 Å². The summed E-state index contributed by atoms with van der Waals surface area (Å²) in [5.41, 5.74) is 0.627. The van der Waals surface area contributed by atoms with Gasteiger partial charge in [0.25, 0.3) is 0 Å². The van der Waals surface area contributed by atoms with E-state index in [-0.39, 0.29) is 12.1 Å². The highest BCUT2D eigenvalue weighted by Crippen LogP contribution is 2.22. The average Bonchev–Trinajstić information content (AvgIpc) is 2.38. The zero-order valence-electron chi connectivity index (χ0n) is 13.0. The van der Waals surface area contributed by atoms with Crippen molar-refractivity contribution >= 4 is 27.7 Å². The fraction of sp³-hybridized carbons (Fsp3) is 0.600. The van der Waals surface area contributed by atoms with Gasteiger partial charge in [-0.1, -0.05) is 0 Å². The van der Waals surface area contributed by atoms with Gasteiger partial charge in [-0.3, -0.25) is 0 Å². The Morgan fingerprint density at radius 3 is 2.62 bits per heavy atom. The quantitative estimate of drug-likeness (QED) is 0.725. The van der Waals surface area contributed by atoms with Gasteiger partial charge in [-0.15, -0.1) is 0 Å². The molecule has 5 nitrogen and oxygen atoms in total. The van der Waals surface area contributed by atoms with Crippen molar-refractivity contribution in [1.29, 1.82) is 0 Å². The summed E-state index contributed by atoms with van der Waals surface area (Å²) in [7, 11) is 0. The monoisotopic (exact) mass is 355 g/mol. The summed E-state index contributed by atoms with van der Waals surface area (Å²) in [5, 5.41) is 0. The minimum absolute atomic E-state index is 0.231. The summed E-state index contributed by atoms with van der Waals surface area (Å²) in [6.45, 7) is 9.87. The van der Waals surface area contributed by atoms with Gasteiger partial charge >= 0.3 is 6.09 Å². The molecule has 21 heavy (non-hydrogen) atoms. The van der Waals surface area contributed by atoms with Crippen LogP contribution in [0.4, 0.5) is 10.5 Å². The summed E-state index contributed by atoms with van der Waals surface area (Å²) in [6.07, 6.45) is 1.62. The van der Waals surface area contributed by atoms with E-state index in [1.807, 2.05) is 39.1 Å². The first-order chi connectivity index (χ1) is 9.76. The topological polar surface area (TPSA) is 45.7 Å². The Labute approximate surface area is 134 Å². The minimum atomic E-state index is -0.451. The fourth-order valence-electron chi connectivity index (χ4n) is 2.37. The summed E-state index contributed by atoms with van der Waals surface area (Å²) in [5.74, 6) is 0. The van der Waals surface area contributed by atoms with E-state index in [9.17, 15) is 4.79 Å². The highest BCUT2D eigenvalue weighted by atomic mass is 79.9. The van der Waals surface area contributed by atoms with Gasteiger partial charge in [-0.25, -0.2) is 9.78 Å². The van der Waals surface area contributed by atoms with Crippen molar-refractivity contribution < 1.29 is 9.53 Å². The van der Waals surface area contributed by atoms with Gasteiger partial charge in [0.1, 0.15) is 10.2 Å². The van der Waals surface area contributed by atoms with Crippen LogP contribution in [0.25, 0.3) is 0 Å². The van der Waals surface area contributed by atoms with Crippen molar-refractivity contribution in [3.63, 3.8) is 0 Å². The molecule has 0 spiro atoms. The number of anilines is 1. The third-order valence-corrected chi connectivity index (χ3v) is 3.79. The van der Waals surface area contributed by atoms with Crippen LogP contribution in [0.3, 0.4) is 0 Å². The molecule has 0 aromatic carbocycles. The fourth-order valence-corrected chi connectivity index (χ4v) is 2.61. The van der Waals surface area contributed by atoms with Crippen LogP contribution < -0.4 is 4.90 Å². The van der Waals surface area contributed by atoms with Crippen molar-refractivity contribution in [2.75, 3.05) is 24.5 Å². The first kappa shape index (κ1) is 16.1. The van der Waals surface area contributed by atoms with Crippen molar-refractivity contribution in [3.05, 3.63) is 22.9 Å². The molecule has 1 aromatic rings. The first-order valence-corrected chi connectivity index (χ1v) is 7.92. The number of rotatable bonds is 1. The number of hydrogen-bond donors (Lipinski definition) is 0. The molecule has 1 aliphatic rings. The Hall–Kier alpha value is -1.30. The van der Waals surface area contributed by atoms with Crippen LogP contribution in [0.5, 0.6) is 0 Å². The van der Waals surface area contributed by atoms with Crippen molar-refractivity contribution in [2.24, 2.45) is 0 Å².